The molecule has 0 spiro atoms. The van der Waals surface area contributed by atoms with Crippen molar-refractivity contribution in [1.29, 1.82) is 0 Å². The number of alkyl halides is 3. The zero-order chi connectivity index (χ0) is 25.3. The van der Waals surface area contributed by atoms with Gasteiger partial charge < -0.3 is 19.3 Å². The van der Waals surface area contributed by atoms with Crippen LogP contribution in [0.4, 0.5) is 13.2 Å². The number of carboxylic acids is 1. The first kappa shape index (κ1) is 25.7. The summed E-state index contributed by atoms with van der Waals surface area (Å²) >= 11 is 0. The van der Waals surface area contributed by atoms with Crippen LogP contribution in [0.3, 0.4) is 0 Å². The number of aliphatic carboxylic acids is 1. The highest BCUT2D eigenvalue weighted by Crippen LogP contribution is 2.31. The lowest BCUT2D eigenvalue weighted by Crippen LogP contribution is -2.24. The Morgan fingerprint density at radius 1 is 0.857 bits per heavy atom. The van der Waals surface area contributed by atoms with E-state index >= 15 is 0 Å². The van der Waals surface area contributed by atoms with Crippen LogP contribution in [-0.2, 0) is 28.5 Å². The Bertz CT molecular complexity index is 1160. The third kappa shape index (κ3) is 8.09. The van der Waals surface area contributed by atoms with Crippen molar-refractivity contribution in [3.8, 4) is 29.1 Å². The summed E-state index contributed by atoms with van der Waals surface area (Å²) in [5, 5.41) is 9.05. The lowest BCUT2D eigenvalue weighted by atomic mass is 10.0. The molecular weight excluding hydrogens is 461 g/mol. The summed E-state index contributed by atoms with van der Waals surface area (Å²) in [6.07, 6.45) is -4.44. The van der Waals surface area contributed by atoms with Crippen LogP contribution in [0.2, 0.25) is 0 Å². The minimum atomic E-state index is -4.39. The van der Waals surface area contributed by atoms with Crippen LogP contribution in [0.25, 0.3) is 0 Å². The molecule has 0 amide bonds. The molecule has 0 fully saturated rings. The largest absolute Gasteiger partial charge is 0.481 e. The Morgan fingerprint density at radius 2 is 1.40 bits per heavy atom. The van der Waals surface area contributed by atoms with E-state index in [4.69, 9.17) is 19.3 Å². The summed E-state index contributed by atoms with van der Waals surface area (Å²) in [5.41, 5.74) is 1.13. The van der Waals surface area contributed by atoms with E-state index in [9.17, 15) is 18.0 Å². The number of rotatable bonds is 9. The SMILES string of the molecule is CO[C@@H](Cc1ccc(CC#CCOc2ccc(Oc3ccc(C(F)(F)F)cc3)cc2)cc1)C(=O)O. The van der Waals surface area contributed by atoms with Crippen LogP contribution >= 0.6 is 0 Å². The van der Waals surface area contributed by atoms with Crippen molar-refractivity contribution in [2.45, 2.75) is 25.1 Å². The molecule has 0 saturated carbocycles. The minimum absolute atomic E-state index is 0.186. The fourth-order valence-electron chi connectivity index (χ4n) is 3.07. The van der Waals surface area contributed by atoms with E-state index in [0.29, 0.717) is 30.1 Å². The van der Waals surface area contributed by atoms with Crippen molar-refractivity contribution < 1.29 is 37.3 Å². The van der Waals surface area contributed by atoms with Crippen LogP contribution in [0.1, 0.15) is 16.7 Å². The van der Waals surface area contributed by atoms with E-state index < -0.39 is 23.8 Å². The van der Waals surface area contributed by atoms with Crippen molar-refractivity contribution in [2.75, 3.05) is 13.7 Å². The maximum atomic E-state index is 12.6. The van der Waals surface area contributed by atoms with E-state index in [1.54, 1.807) is 24.3 Å². The molecule has 35 heavy (non-hydrogen) atoms. The summed E-state index contributed by atoms with van der Waals surface area (Å²) < 4.78 is 54.0. The molecule has 0 bridgehead atoms. The number of ether oxygens (including phenoxy) is 3. The molecule has 0 aliphatic carbocycles. The molecule has 0 saturated heterocycles. The zero-order valence-corrected chi connectivity index (χ0v) is 18.8. The molecule has 0 unspecified atom stereocenters. The van der Waals surface area contributed by atoms with Crippen LogP contribution < -0.4 is 9.47 Å². The molecule has 0 radical (unpaired) electrons. The van der Waals surface area contributed by atoms with Gasteiger partial charge in [-0.3, -0.25) is 0 Å². The molecule has 0 aliphatic heterocycles. The lowest BCUT2D eigenvalue weighted by Gasteiger charge is -2.10. The Balaban J connectivity index is 1.43. The lowest BCUT2D eigenvalue weighted by molar-refractivity contribution is -0.148. The maximum absolute atomic E-state index is 12.6. The van der Waals surface area contributed by atoms with Gasteiger partial charge in [0.05, 0.1) is 5.56 Å². The van der Waals surface area contributed by atoms with Gasteiger partial charge in [0.1, 0.15) is 23.9 Å². The Hall–Kier alpha value is -3.96. The quantitative estimate of drug-likeness (QED) is 0.391. The summed E-state index contributed by atoms with van der Waals surface area (Å²) in [7, 11) is 1.37. The number of methoxy groups -OCH3 is 1. The summed E-state index contributed by atoms with van der Waals surface area (Å²) in [5.74, 6) is 6.30. The van der Waals surface area contributed by atoms with Crippen molar-refractivity contribution in [2.24, 2.45) is 0 Å². The third-order valence-corrected chi connectivity index (χ3v) is 4.97. The average Bonchev–Trinajstić information content (AvgIpc) is 2.84. The molecule has 0 heterocycles. The fraction of sp³-hybridized carbons (Fsp3) is 0.222. The second-order valence-electron chi connectivity index (χ2n) is 7.50. The van der Waals surface area contributed by atoms with Gasteiger partial charge in [0, 0.05) is 20.0 Å². The van der Waals surface area contributed by atoms with E-state index in [2.05, 4.69) is 11.8 Å². The van der Waals surface area contributed by atoms with Gasteiger partial charge in [-0.05, 0) is 59.7 Å². The van der Waals surface area contributed by atoms with Gasteiger partial charge in [-0.2, -0.15) is 13.2 Å². The molecule has 1 N–H and O–H groups in total. The Labute approximate surface area is 201 Å². The standard InChI is InChI=1S/C27H23F3O5/c1-33-25(26(31)32)18-20-7-5-19(6-8-20)4-2-3-17-34-22-13-15-24(16-14-22)35-23-11-9-21(10-12-23)27(28,29)30/h5-16,25H,4,17-18H2,1H3,(H,31,32)/t25-/m0/s1. The predicted molar refractivity (Wildman–Crippen MR) is 124 cm³/mol. The summed E-state index contributed by atoms with van der Waals surface area (Å²) in [6.45, 7) is 0.186. The molecule has 5 nitrogen and oxygen atoms in total. The molecule has 1 atom stereocenters. The fourth-order valence-corrected chi connectivity index (χ4v) is 3.07. The van der Waals surface area contributed by atoms with Gasteiger partial charge >= 0.3 is 12.1 Å². The van der Waals surface area contributed by atoms with Crippen molar-refractivity contribution >= 4 is 5.97 Å². The van der Waals surface area contributed by atoms with E-state index in [1.807, 2.05) is 24.3 Å². The average molecular weight is 484 g/mol. The highest BCUT2D eigenvalue weighted by atomic mass is 19.4. The smallest absolute Gasteiger partial charge is 0.416 e. The number of halogens is 3. The van der Waals surface area contributed by atoms with Crippen LogP contribution in [0.5, 0.6) is 17.2 Å². The molecule has 0 aromatic heterocycles. The molecule has 3 rings (SSSR count). The minimum Gasteiger partial charge on any atom is -0.481 e. The van der Waals surface area contributed by atoms with E-state index in [0.717, 1.165) is 23.3 Å². The van der Waals surface area contributed by atoms with Crippen molar-refractivity contribution in [3.05, 3.63) is 89.5 Å². The first-order valence-electron chi connectivity index (χ1n) is 10.6. The summed E-state index contributed by atoms with van der Waals surface area (Å²) in [4.78, 5) is 11.0. The molecule has 182 valence electrons. The first-order valence-corrected chi connectivity index (χ1v) is 10.6. The van der Waals surface area contributed by atoms with E-state index in [-0.39, 0.29) is 6.61 Å². The van der Waals surface area contributed by atoms with Gasteiger partial charge in [-0.15, -0.1) is 0 Å². The zero-order valence-electron chi connectivity index (χ0n) is 18.8. The number of hydrogen-bond acceptors (Lipinski definition) is 4. The van der Waals surface area contributed by atoms with Crippen molar-refractivity contribution in [1.82, 2.24) is 0 Å². The Kier molecular flexibility index (Phi) is 8.76. The number of hydrogen-bond donors (Lipinski definition) is 1. The van der Waals surface area contributed by atoms with Gasteiger partial charge in [0.25, 0.3) is 0 Å². The molecule has 8 heteroatoms. The molecule has 3 aromatic rings. The number of benzene rings is 3. The van der Waals surface area contributed by atoms with Gasteiger partial charge in [0.15, 0.2) is 6.10 Å². The van der Waals surface area contributed by atoms with E-state index in [1.165, 1.54) is 19.2 Å². The second-order valence-corrected chi connectivity index (χ2v) is 7.50. The third-order valence-electron chi connectivity index (χ3n) is 4.97. The Morgan fingerprint density at radius 3 is 1.94 bits per heavy atom. The highest BCUT2D eigenvalue weighted by molar-refractivity contribution is 5.72. The van der Waals surface area contributed by atoms with Crippen LogP contribution in [-0.4, -0.2) is 30.9 Å². The van der Waals surface area contributed by atoms with Gasteiger partial charge in [-0.25, -0.2) is 4.79 Å². The predicted octanol–water partition coefficient (Wildman–Crippen LogP) is 5.76. The van der Waals surface area contributed by atoms with Crippen molar-refractivity contribution in [3.63, 3.8) is 0 Å². The van der Waals surface area contributed by atoms with Crippen LogP contribution in [0, 0.1) is 11.8 Å². The second kappa shape index (κ2) is 12.0. The molecule has 3 aromatic carbocycles. The first-order chi connectivity index (χ1) is 16.7. The number of carbonyl (C=O) groups is 1. The molecular formula is C27H23F3O5. The molecule has 0 aliphatic rings. The number of carboxylic acid groups (broad SMARTS) is 1. The van der Waals surface area contributed by atoms with Gasteiger partial charge in [0.2, 0.25) is 0 Å². The monoisotopic (exact) mass is 484 g/mol. The topological polar surface area (TPSA) is 65.0 Å². The van der Waals surface area contributed by atoms with Gasteiger partial charge in [-0.1, -0.05) is 36.1 Å². The van der Waals surface area contributed by atoms with Crippen LogP contribution in [0.15, 0.2) is 72.8 Å². The normalized spacial score (nSPS) is 11.8. The summed E-state index contributed by atoms with van der Waals surface area (Å²) in [6, 6.07) is 18.7. The highest BCUT2D eigenvalue weighted by Gasteiger charge is 2.30. The maximum Gasteiger partial charge on any atom is 0.416 e.